The van der Waals surface area contributed by atoms with Crippen molar-refractivity contribution in [3.63, 3.8) is 0 Å². The van der Waals surface area contributed by atoms with E-state index in [1.807, 2.05) is 36.4 Å². The van der Waals surface area contributed by atoms with Crippen molar-refractivity contribution in [1.82, 2.24) is 9.97 Å². The second kappa shape index (κ2) is 8.21. The number of anilines is 1. The highest BCUT2D eigenvalue weighted by atomic mass is 16.6. The molecule has 8 nitrogen and oxygen atoms in total. The number of methoxy groups -OCH3 is 1. The maximum absolute atomic E-state index is 11.6. The van der Waals surface area contributed by atoms with Crippen LogP contribution in [0.5, 0.6) is 11.6 Å². The van der Waals surface area contributed by atoms with E-state index in [1.54, 1.807) is 13.2 Å². The average Bonchev–Trinajstić information content (AvgIpc) is 2.65. The summed E-state index contributed by atoms with van der Waals surface area (Å²) >= 11 is 0. The summed E-state index contributed by atoms with van der Waals surface area (Å²) in [6, 6.07) is 13.2. The molecule has 3 aromatic rings. The number of hydrogen-bond donors (Lipinski definition) is 1. The van der Waals surface area contributed by atoms with Crippen molar-refractivity contribution < 1.29 is 14.4 Å². The van der Waals surface area contributed by atoms with Gasteiger partial charge in [-0.25, -0.2) is 4.98 Å². The lowest BCUT2D eigenvalue weighted by Gasteiger charge is -2.10. The molecule has 0 saturated heterocycles. The molecule has 0 radical (unpaired) electrons. The van der Waals surface area contributed by atoms with E-state index >= 15 is 0 Å². The van der Waals surface area contributed by atoms with Crippen LogP contribution < -0.4 is 10.1 Å². The van der Waals surface area contributed by atoms with Crippen LogP contribution in [-0.2, 0) is 4.74 Å². The Hall–Kier alpha value is -3.26. The van der Waals surface area contributed by atoms with E-state index in [-0.39, 0.29) is 17.4 Å². The summed E-state index contributed by atoms with van der Waals surface area (Å²) < 4.78 is 10.8. The van der Waals surface area contributed by atoms with Gasteiger partial charge >= 0.3 is 11.6 Å². The third-order valence-electron chi connectivity index (χ3n) is 3.75. The number of nitrogens with one attached hydrogen (secondary N) is 1. The molecule has 0 amide bonds. The summed E-state index contributed by atoms with van der Waals surface area (Å²) in [5.74, 6) is 0.516. The molecule has 0 fully saturated rings. The first-order chi connectivity index (χ1) is 12.7. The molecular formula is C18H18N4O4. The number of fused-ring (bicyclic) bond motifs is 1. The summed E-state index contributed by atoms with van der Waals surface area (Å²) in [6.45, 7) is 1.03. The van der Waals surface area contributed by atoms with E-state index in [9.17, 15) is 10.1 Å². The topological polar surface area (TPSA) is 99.4 Å². The smallest absolute Gasteiger partial charge is 0.373 e. The van der Waals surface area contributed by atoms with Crippen LogP contribution in [0.1, 0.15) is 6.42 Å². The minimum atomic E-state index is -0.543. The molecule has 0 saturated carbocycles. The number of benzene rings is 2. The van der Waals surface area contributed by atoms with Gasteiger partial charge in [0.15, 0.2) is 0 Å². The van der Waals surface area contributed by atoms with Gasteiger partial charge < -0.3 is 14.8 Å². The standard InChI is InChI=1S/C18H18N4O4/c1-25-11-5-10-19-17-16(22(23)24)18(21-12-20-17)26-15-9-4-7-13-6-2-3-8-14(13)15/h2-4,6-9,12H,5,10-11H2,1H3,(H,19,20,21). The van der Waals surface area contributed by atoms with Gasteiger partial charge in [0.2, 0.25) is 5.82 Å². The predicted octanol–water partition coefficient (Wildman–Crippen LogP) is 3.78. The van der Waals surface area contributed by atoms with Crippen LogP contribution in [-0.4, -0.2) is 35.2 Å². The molecule has 0 unspecified atom stereocenters. The fraction of sp³-hybridized carbons (Fsp3) is 0.222. The first-order valence-corrected chi connectivity index (χ1v) is 8.08. The van der Waals surface area contributed by atoms with Crippen molar-refractivity contribution in [3.8, 4) is 11.6 Å². The Morgan fingerprint density at radius 1 is 1.15 bits per heavy atom. The van der Waals surface area contributed by atoms with Crippen molar-refractivity contribution >= 4 is 22.3 Å². The van der Waals surface area contributed by atoms with Crippen LogP contribution in [0.3, 0.4) is 0 Å². The van der Waals surface area contributed by atoms with Gasteiger partial charge in [-0.3, -0.25) is 10.1 Å². The molecule has 8 heteroatoms. The second-order valence-electron chi connectivity index (χ2n) is 5.49. The van der Waals surface area contributed by atoms with Crippen LogP contribution in [0.15, 0.2) is 48.8 Å². The fourth-order valence-corrected chi connectivity index (χ4v) is 2.54. The molecule has 0 aliphatic heterocycles. The van der Waals surface area contributed by atoms with Gasteiger partial charge in [0.25, 0.3) is 0 Å². The van der Waals surface area contributed by atoms with Gasteiger partial charge in [0.05, 0.1) is 4.92 Å². The van der Waals surface area contributed by atoms with Gasteiger partial charge in [0.1, 0.15) is 12.1 Å². The van der Waals surface area contributed by atoms with E-state index in [0.717, 1.165) is 10.8 Å². The third kappa shape index (κ3) is 3.86. The Morgan fingerprint density at radius 2 is 1.96 bits per heavy atom. The highest BCUT2D eigenvalue weighted by molar-refractivity contribution is 5.88. The quantitative estimate of drug-likeness (QED) is 0.373. The minimum Gasteiger partial charge on any atom is -0.433 e. The van der Waals surface area contributed by atoms with E-state index in [2.05, 4.69) is 15.3 Å². The number of hydrogen-bond acceptors (Lipinski definition) is 7. The zero-order chi connectivity index (χ0) is 18.4. The molecule has 0 atom stereocenters. The van der Waals surface area contributed by atoms with E-state index in [4.69, 9.17) is 9.47 Å². The Bertz CT molecular complexity index is 911. The molecular weight excluding hydrogens is 336 g/mol. The molecule has 2 aromatic carbocycles. The minimum absolute atomic E-state index is 0.101. The van der Waals surface area contributed by atoms with Crippen LogP contribution >= 0.6 is 0 Å². The molecule has 3 rings (SSSR count). The summed E-state index contributed by atoms with van der Waals surface area (Å²) in [7, 11) is 1.60. The highest BCUT2D eigenvalue weighted by Gasteiger charge is 2.25. The SMILES string of the molecule is COCCCNc1ncnc(Oc2cccc3ccccc23)c1[N+](=O)[O-]. The normalized spacial score (nSPS) is 10.7. The number of ether oxygens (including phenoxy) is 2. The van der Waals surface area contributed by atoms with E-state index in [0.29, 0.717) is 25.3 Å². The molecule has 0 aliphatic carbocycles. The molecule has 0 bridgehead atoms. The van der Waals surface area contributed by atoms with Crippen molar-refractivity contribution in [2.75, 3.05) is 25.6 Å². The Balaban J connectivity index is 1.93. The van der Waals surface area contributed by atoms with Crippen molar-refractivity contribution in [1.29, 1.82) is 0 Å². The number of rotatable bonds is 8. The molecule has 0 spiro atoms. The summed E-state index contributed by atoms with van der Waals surface area (Å²) in [5, 5.41) is 16.3. The lowest BCUT2D eigenvalue weighted by atomic mass is 10.1. The molecule has 1 aromatic heterocycles. The summed E-state index contributed by atoms with van der Waals surface area (Å²) in [6.07, 6.45) is 1.93. The van der Waals surface area contributed by atoms with Gasteiger partial charge in [0, 0.05) is 25.6 Å². The zero-order valence-corrected chi connectivity index (χ0v) is 14.2. The van der Waals surface area contributed by atoms with Gasteiger partial charge in [-0.05, 0) is 17.9 Å². The third-order valence-corrected chi connectivity index (χ3v) is 3.75. The predicted molar refractivity (Wildman–Crippen MR) is 97.7 cm³/mol. The second-order valence-corrected chi connectivity index (χ2v) is 5.49. The lowest BCUT2D eigenvalue weighted by Crippen LogP contribution is -2.09. The molecule has 1 N–H and O–H groups in total. The van der Waals surface area contributed by atoms with Crippen LogP contribution in [0.25, 0.3) is 10.8 Å². The highest BCUT2D eigenvalue weighted by Crippen LogP contribution is 2.36. The Morgan fingerprint density at radius 3 is 2.77 bits per heavy atom. The number of aromatic nitrogens is 2. The largest absolute Gasteiger partial charge is 0.433 e. The molecule has 0 aliphatic rings. The summed E-state index contributed by atoms with van der Waals surface area (Å²) in [4.78, 5) is 19.0. The van der Waals surface area contributed by atoms with Crippen molar-refractivity contribution in [3.05, 3.63) is 58.9 Å². The summed E-state index contributed by atoms with van der Waals surface area (Å²) in [5.41, 5.74) is -0.294. The zero-order valence-electron chi connectivity index (χ0n) is 14.2. The molecule has 134 valence electrons. The van der Waals surface area contributed by atoms with Crippen molar-refractivity contribution in [2.45, 2.75) is 6.42 Å². The first kappa shape index (κ1) is 17.6. The molecule has 26 heavy (non-hydrogen) atoms. The molecule has 1 heterocycles. The Labute approximate surface area is 149 Å². The van der Waals surface area contributed by atoms with Gasteiger partial charge in [-0.15, -0.1) is 0 Å². The lowest BCUT2D eigenvalue weighted by molar-refractivity contribution is -0.385. The number of nitro groups is 1. The maximum atomic E-state index is 11.6. The number of nitrogens with zero attached hydrogens (tertiary/aromatic N) is 3. The average molecular weight is 354 g/mol. The Kier molecular flexibility index (Phi) is 5.55. The monoisotopic (exact) mass is 354 g/mol. The van der Waals surface area contributed by atoms with Gasteiger partial charge in [-0.2, -0.15) is 4.98 Å². The van der Waals surface area contributed by atoms with E-state index in [1.165, 1.54) is 6.33 Å². The van der Waals surface area contributed by atoms with E-state index < -0.39 is 4.92 Å². The van der Waals surface area contributed by atoms with Gasteiger partial charge in [-0.1, -0.05) is 36.4 Å². The van der Waals surface area contributed by atoms with Crippen LogP contribution in [0, 0.1) is 10.1 Å². The maximum Gasteiger partial charge on any atom is 0.373 e. The fourth-order valence-electron chi connectivity index (χ4n) is 2.54. The van der Waals surface area contributed by atoms with Crippen molar-refractivity contribution in [2.24, 2.45) is 0 Å². The van der Waals surface area contributed by atoms with Crippen LogP contribution in [0.2, 0.25) is 0 Å². The first-order valence-electron chi connectivity index (χ1n) is 8.08. The van der Waals surface area contributed by atoms with Crippen LogP contribution in [0.4, 0.5) is 11.5 Å².